The van der Waals surface area contributed by atoms with Gasteiger partial charge in [-0.25, -0.2) is 0 Å². The maximum absolute atomic E-state index is 12.9. The SMILES string of the molecule is COC(=O)Cn1c(=NC(=O)c2ccc3ccccc3c2)sc2cccc(OC)c21. The molecule has 1 aromatic heterocycles. The van der Waals surface area contributed by atoms with Crippen molar-refractivity contribution >= 4 is 44.2 Å². The van der Waals surface area contributed by atoms with Gasteiger partial charge in [-0.05, 0) is 35.0 Å². The van der Waals surface area contributed by atoms with Crippen molar-refractivity contribution < 1.29 is 19.1 Å². The van der Waals surface area contributed by atoms with Crippen LogP contribution in [0.5, 0.6) is 5.75 Å². The number of para-hydroxylation sites is 1. The van der Waals surface area contributed by atoms with Gasteiger partial charge in [0, 0.05) is 5.56 Å². The van der Waals surface area contributed by atoms with Crippen LogP contribution in [-0.2, 0) is 16.1 Å². The molecule has 0 radical (unpaired) electrons. The van der Waals surface area contributed by atoms with Crippen molar-refractivity contribution in [1.82, 2.24) is 4.57 Å². The van der Waals surface area contributed by atoms with Crippen molar-refractivity contribution in [3.05, 3.63) is 71.0 Å². The largest absolute Gasteiger partial charge is 0.495 e. The first-order valence-electron chi connectivity index (χ1n) is 8.91. The molecule has 0 aliphatic heterocycles. The molecule has 1 amide bonds. The Balaban J connectivity index is 1.86. The molecule has 0 N–H and O–H groups in total. The molecule has 0 fully saturated rings. The number of carbonyl (C=O) groups excluding carboxylic acids is 2. The lowest BCUT2D eigenvalue weighted by Gasteiger charge is -2.07. The Kier molecular flexibility index (Phi) is 5.14. The van der Waals surface area contributed by atoms with E-state index >= 15 is 0 Å². The van der Waals surface area contributed by atoms with E-state index in [1.165, 1.54) is 18.4 Å². The third-order valence-corrected chi connectivity index (χ3v) is 5.64. The highest BCUT2D eigenvalue weighted by Crippen LogP contribution is 2.27. The molecule has 146 valence electrons. The van der Waals surface area contributed by atoms with Gasteiger partial charge in [-0.15, -0.1) is 0 Å². The lowest BCUT2D eigenvalue weighted by Crippen LogP contribution is -2.22. The van der Waals surface area contributed by atoms with E-state index in [0.29, 0.717) is 21.6 Å². The maximum atomic E-state index is 12.9. The number of thiazole rings is 1. The molecule has 7 heteroatoms. The van der Waals surface area contributed by atoms with Crippen LogP contribution >= 0.6 is 11.3 Å². The van der Waals surface area contributed by atoms with E-state index in [1.807, 2.05) is 48.5 Å². The molecular weight excluding hydrogens is 388 g/mol. The molecule has 1 heterocycles. The number of aromatic nitrogens is 1. The minimum absolute atomic E-state index is 0.0687. The number of carbonyl (C=O) groups is 2. The van der Waals surface area contributed by atoms with Crippen LogP contribution in [0.3, 0.4) is 0 Å². The van der Waals surface area contributed by atoms with Crippen molar-refractivity contribution in [3.63, 3.8) is 0 Å². The van der Waals surface area contributed by atoms with Crippen molar-refractivity contribution in [2.24, 2.45) is 4.99 Å². The molecule has 0 saturated heterocycles. The molecule has 0 aliphatic carbocycles. The van der Waals surface area contributed by atoms with Gasteiger partial charge in [-0.1, -0.05) is 47.7 Å². The van der Waals surface area contributed by atoms with Crippen LogP contribution in [0.15, 0.2) is 65.7 Å². The minimum atomic E-state index is -0.435. The second kappa shape index (κ2) is 7.89. The Labute approximate surface area is 170 Å². The predicted octanol–water partition coefficient (Wildman–Crippen LogP) is 3.78. The number of rotatable bonds is 4. The van der Waals surface area contributed by atoms with E-state index in [0.717, 1.165) is 15.5 Å². The average molecular weight is 406 g/mol. The van der Waals surface area contributed by atoms with Crippen LogP contribution in [0.4, 0.5) is 0 Å². The molecule has 0 saturated carbocycles. The number of ether oxygens (including phenoxy) is 2. The van der Waals surface area contributed by atoms with Gasteiger partial charge in [0.2, 0.25) is 0 Å². The zero-order valence-electron chi connectivity index (χ0n) is 15.9. The van der Waals surface area contributed by atoms with E-state index in [4.69, 9.17) is 9.47 Å². The zero-order valence-corrected chi connectivity index (χ0v) is 16.7. The number of fused-ring (bicyclic) bond motifs is 2. The minimum Gasteiger partial charge on any atom is -0.495 e. The summed E-state index contributed by atoms with van der Waals surface area (Å²) in [4.78, 5) is 29.6. The van der Waals surface area contributed by atoms with Crippen molar-refractivity contribution in [2.45, 2.75) is 6.54 Å². The van der Waals surface area contributed by atoms with Gasteiger partial charge in [-0.3, -0.25) is 9.59 Å². The number of hydrogen-bond acceptors (Lipinski definition) is 5. The van der Waals surface area contributed by atoms with Crippen molar-refractivity contribution in [3.8, 4) is 5.75 Å². The van der Waals surface area contributed by atoms with Crippen molar-refractivity contribution in [2.75, 3.05) is 14.2 Å². The standard InChI is InChI=1S/C22H18N2O4S/c1-27-17-8-5-9-18-20(17)24(13-19(25)28-2)22(29-18)23-21(26)16-11-10-14-6-3-4-7-15(14)12-16/h3-12H,13H2,1-2H3. The smallest absolute Gasteiger partial charge is 0.325 e. The summed E-state index contributed by atoms with van der Waals surface area (Å²) in [6.45, 7) is -0.0687. The van der Waals surface area contributed by atoms with Crippen LogP contribution in [0.25, 0.3) is 21.0 Å². The van der Waals surface area contributed by atoms with Gasteiger partial charge in [0.1, 0.15) is 17.8 Å². The Hall–Kier alpha value is -3.45. The summed E-state index contributed by atoms with van der Waals surface area (Å²) >= 11 is 1.32. The summed E-state index contributed by atoms with van der Waals surface area (Å²) in [6, 6.07) is 18.9. The van der Waals surface area contributed by atoms with Gasteiger partial charge in [0.15, 0.2) is 4.80 Å². The van der Waals surface area contributed by atoms with E-state index < -0.39 is 5.97 Å². The van der Waals surface area contributed by atoms with Crippen LogP contribution in [0, 0.1) is 0 Å². The van der Waals surface area contributed by atoms with Gasteiger partial charge in [0.25, 0.3) is 5.91 Å². The summed E-state index contributed by atoms with van der Waals surface area (Å²) in [6.07, 6.45) is 0. The van der Waals surface area contributed by atoms with E-state index in [1.54, 1.807) is 23.8 Å². The molecule has 0 spiro atoms. The highest BCUT2D eigenvalue weighted by atomic mass is 32.1. The normalized spacial score (nSPS) is 11.7. The summed E-state index contributed by atoms with van der Waals surface area (Å²) in [7, 11) is 2.89. The van der Waals surface area contributed by atoms with E-state index in [9.17, 15) is 9.59 Å². The Morgan fingerprint density at radius 1 is 1.00 bits per heavy atom. The molecule has 4 aromatic rings. The predicted molar refractivity (Wildman–Crippen MR) is 112 cm³/mol. The summed E-state index contributed by atoms with van der Waals surface area (Å²) in [5.41, 5.74) is 1.19. The molecule has 0 aliphatic rings. The first-order chi connectivity index (χ1) is 14.1. The monoisotopic (exact) mass is 406 g/mol. The van der Waals surface area contributed by atoms with Gasteiger partial charge in [0.05, 0.1) is 18.9 Å². The molecular formula is C22H18N2O4S. The number of nitrogens with zero attached hydrogens (tertiary/aromatic N) is 2. The number of hydrogen-bond donors (Lipinski definition) is 0. The topological polar surface area (TPSA) is 69.9 Å². The van der Waals surface area contributed by atoms with Gasteiger partial charge >= 0.3 is 5.97 Å². The van der Waals surface area contributed by atoms with Crippen LogP contribution in [-0.4, -0.2) is 30.7 Å². The molecule has 0 atom stereocenters. The first kappa shape index (κ1) is 18.9. The maximum Gasteiger partial charge on any atom is 0.325 e. The highest BCUT2D eigenvalue weighted by Gasteiger charge is 2.15. The number of amides is 1. The number of benzene rings is 3. The van der Waals surface area contributed by atoms with E-state index in [2.05, 4.69) is 4.99 Å². The second-order valence-corrected chi connectivity index (χ2v) is 7.34. The lowest BCUT2D eigenvalue weighted by atomic mass is 10.1. The molecule has 3 aromatic carbocycles. The first-order valence-corrected chi connectivity index (χ1v) is 9.73. The fraction of sp³-hybridized carbons (Fsp3) is 0.136. The second-order valence-electron chi connectivity index (χ2n) is 6.33. The van der Waals surface area contributed by atoms with Gasteiger partial charge in [-0.2, -0.15) is 4.99 Å². The fourth-order valence-electron chi connectivity index (χ4n) is 3.16. The Morgan fingerprint density at radius 3 is 2.55 bits per heavy atom. The van der Waals surface area contributed by atoms with Gasteiger partial charge < -0.3 is 14.0 Å². The summed E-state index contributed by atoms with van der Waals surface area (Å²) in [5.74, 6) is -0.211. The zero-order chi connectivity index (χ0) is 20.4. The molecule has 0 bridgehead atoms. The lowest BCUT2D eigenvalue weighted by molar-refractivity contribution is -0.141. The summed E-state index contributed by atoms with van der Waals surface area (Å²) in [5, 5.41) is 2.02. The highest BCUT2D eigenvalue weighted by molar-refractivity contribution is 7.16. The molecule has 4 rings (SSSR count). The summed E-state index contributed by atoms with van der Waals surface area (Å²) < 4.78 is 12.8. The Morgan fingerprint density at radius 2 is 1.79 bits per heavy atom. The molecule has 29 heavy (non-hydrogen) atoms. The van der Waals surface area contributed by atoms with Crippen LogP contribution < -0.4 is 9.54 Å². The molecule has 0 unspecified atom stereocenters. The van der Waals surface area contributed by atoms with E-state index in [-0.39, 0.29) is 12.5 Å². The average Bonchev–Trinajstić information content (AvgIpc) is 3.10. The molecule has 6 nitrogen and oxygen atoms in total. The van der Waals surface area contributed by atoms with Crippen LogP contribution in [0.2, 0.25) is 0 Å². The number of methoxy groups -OCH3 is 2. The Bertz CT molecular complexity index is 1300. The fourth-order valence-corrected chi connectivity index (χ4v) is 4.21. The van der Waals surface area contributed by atoms with Crippen molar-refractivity contribution in [1.29, 1.82) is 0 Å². The quantitative estimate of drug-likeness (QED) is 0.484. The third-order valence-electron chi connectivity index (χ3n) is 4.59. The van der Waals surface area contributed by atoms with Crippen LogP contribution in [0.1, 0.15) is 10.4 Å². The third kappa shape index (κ3) is 3.64. The number of esters is 1.